The summed E-state index contributed by atoms with van der Waals surface area (Å²) in [6.45, 7) is 1.43. The van der Waals surface area contributed by atoms with E-state index in [0.29, 0.717) is 15.8 Å². The van der Waals surface area contributed by atoms with Crippen molar-refractivity contribution in [2.24, 2.45) is 0 Å². The van der Waals surface area contributed by atoms with Crippen LogP contribution in [0.5, 0.6) is 0 Å². The molecule has 0 heterocycles. The zero-order valence-electron chi connectivity index (χ0n) is 60.7. The Morgan fingerprint density at radius 1 is 0.327 bits per heavy atom. The van der Waals surface area contributed by atoms with E-state index < -0.39 is 195 Å². The van der Waals surface area contributed by atoms with Crippen LogP contribution >= 0.6 is 78.0 Å². The number of alkyl halides is 28. The Morgan fingerprint density at radius 3 is 0.527 bits per heavy atom. The summed E-state index contributed by atoms with van der Waals surface area (Å²) in [5, 5.41) is 7.71. The van der Waals surface area contributed by atoms with Gasteiger partial charge in [-0.2, -0.15) is 139 Å². The minimum absolute atomic E-state index is 0. The molecule has 36 heteroatoms. The standard InChI is InChI=1S/C32H12BF24.2C18H33P.C2H6BBrN.C2H3N.2CH2Cl2.Pt/c34-25(35,36)13-1-14(26(37,38)39)6-21(5-13)33(22-7-15(27(40,41)42)2-16(8-22)28(43,44)45,23-9-17(29(46,47)48)3-18(10-23)30(49,50)51)24-11-19(31(52,53)54)4-20(12-24)32(55,56)57;2*1-4-10-16(11-5-1)19(17-12-6-2-7-13-17)18-14-8-3-9-15-18;1-5(2)3-4;1-2-3;2*2-1-3;/h1-12H;2*16-18H,1-15H2;1-2H3;1H3;2*1H2;/q-1;;;-1;;;;+2. The molecule has 10 rings (SSSR count). The predicted octanol–water partition coefficient (Wildman–Crippen LogP) is 28.0. The van der Waals surface area contributed by atoms with Crippen molar-refractivity contribution < 1.29 is 126 Å². The van der Waals surface area contributed by atoms with Gasteiger partial charge in [-0.1, -0.05) is 194 Å². The number of hydrogen-bond donors (Lipinski definition) is 0. The van der Waals surface area contributed by atoms with Gasteiger partial charge in [-0.3, -0.25) is 0 Å². The molecule has 626 valence electrons. The second kappa shape index (κ2) is 46.4. The molecule has 0 atom stereocenters. The second-order valence-corrected chi connectivity index (χ2v) is 36.6. The molecule has 4 aromatic carbocycles. The Hall–Kier alpha value is -2.03. The first-order valence-electron chi connectivity index (χ1n) is 36.2. The van der Waals surface area contributed by atoms with Crippen molar-refractivity contribution >= 4 is 112 Å². The first-order valence-corrected chi connectivity index (χ1v) is 42.4. The summed E-state index contributed by atoms with van der Waals surface area (Å²) in [7, 11) is 4.68. The number of halogens is 29. The van der Waals surface area contributed by atoms with E-state index in [9.17, 15) is 105 Å². The van der Waals surface area contributed by atoms with Crippen molar-refractivity contribution in [3.8, 4) is 6.07 Å². The summed E-state index contributed by atoms with van der Waals surface area (Å²) in [5.74, 6) is 0. The van der Waals surface area contributed by atoms with Crippen LogP contribution in [0, 0.1) is 11.3 Å². The van der Waals surface area contributed by atoms with Crippen molar-refractivity contribution in [2.45, 2.75) is 283 Å². The van der Waals surface area contributed by atoms with Gasteiger partial charge in [-0.05, 0) is 135 Å². The summed E-state index contributed by atoms with van der Waals surface area (Å²) in [4.78, 5) is 1.92. The summed E-state index contributed by atoms with van der Waals surface area (Å²) >= 11 is 22.2. The molecule has 2 nitrogen and oxygen atoms in total. The number of nitriles is 1. The third kappa shape index (κ3) is 31.7. The first kappa shape index (κ1) is 102. The molecule has 6 aliphatic rings. The summed E-state index contributed by atoms with van der Waals surface area (Å²) < 4.78 is 341. The van der Waals surface area contributed by atoms with Crippen molar-refractivity contribution in [3.63, 3.8) is 0 Å². The molecular weight excluding hydrogens is 1870 g/mol. The first-order chi connectivity index (χ1) is 50.7. The number of benzene rings is 4. The zero-order chi connectivity index (χ0) is 82.2. The second-order valence-electron chi connectivity index (χ2n) is 28.4. The summed E-state index contributed by atoms with van der Waals surface area (Å²) in [5.41, 5.74) is -23.1. The molecule has 0 bridgehead atoms. The fourth-order valence-electron chi connectivity index (χ4n) is 16.1. The number of nitrogens with zero attached hydrogens (tertiary/aromatic N) is 2. The van der Waals surface area contributed by atoms with Gasteiger partial charge in [0.05, 0.1) is 61.3 Å². The van der Waals surface area contributed by atoms with Gasteiger partial charge in [-0.25, -0.2) is 0 Å². The molecule has 2 radical (unpaired) electrons. The van der Waals surface area contributed by atoms with E-state index in [2.05, 4.69) is 15.8 Å². The van der Waals surface area contributed by atoms with Crippen LogP contribution in [-0.2, 0) is 70.5 Å². The van der Waals surface area contributed by atoms with E-state index in [1.165, 1.54) is 79.4 Å². The topological polar surface area (TPSA) is 27.0 Å². The Morgan fingerprint density at radius 2 is 0.436 bits per heavy atom. The molecule has 0 N–H and O–H groups in total. The van der Waals surface area contributed by atoms with Crippen molar-refractivity contribution in [1.29, 1.82) is 5.26 Å². The van der Waals surface area contributed by atoms with Crippen LogP contribution in [-0.4, -0.2) is 75.9 Å². The Balaban J connectivity index is 0.000000473. The van der Waals surface area contributed by atoms with Gasteiger partial charge in [-0.15, -0.1) is 46.4 Å². The molecule has 0 aliphatic heterocycles. The maximum absolute atomic E-state index is 14.2. The van der Waals surface area contributed by atoms with Crippen LogP contribution in [0.15, 0.2) is 72.8 Å². The van der Waals surface area contributed by atoms with Gasteiger partial charge in [0.25, 0.3) is 0 Å². The normalized spacial score (nSPS) is 18.2. The largest absolute Gasteiger partial charge is 2.00 e. The van der Waals surface area contributed by atoms with E-state index in [0.717, 1.165) is 0 Å². The van der Waals surface area contributed by atoms with Gasteiger partial charge in [0.1, 0.15) is 6.15 Å². The fourth-order valence-corrected chi connectivity index (χ4v) is 25.5. The van der Waals surface area contributed by atoms with E-state index >= 15 is 0 Å². The van der Waals surface area contributed by atoms with Crippen LogP contribution < -0.4 is 21.9 Å². The minimum atomic E-state index is -6.13. The Bertz CT molecular complexity index is 2790. The molecule has 6 saturated carbocycles. The molecule has 6 aliphatic carbocycles. The zero-order valence-corrected chi connectivity index (χ0v) is 69.4. The summed E-state index contributed by atoms with van der Waals surface area (Å²) in [6.07, 6.45) is -5.75. The van der Waals surface area contributed by atoms with E-state index in [1.54, 1.807) is 160 Å². The maximum atomic E-state index is 14.2. The molecule has 0 amide bonds. The van der Waals surface area contributed by atoms with Crippen LogP contribution in [0.2, 0.25) is 0 Å². The third-order valence-corrected chi connectivity index (χ3v) is 29.6. The monoisotopic (exact) mass is 1960 g/mol. The van der Waals surface area contributed by atoms with Crippen molar-refractivity contribution in [1.82, 2.24) is 4.81 Å². The number of hydrogen-bond acceptors (Lipinski definition) is 2. The van der Waals surface area contributed by atoms with Crippen molar-refractivity contribution in [3.05, 3.63) is 117 Å². The van der Waals surface area contributed by atoms with E-state index in [-0.39, 0.29) is 31.7 Å². The van der Waals surface area contributed by atoms with Gasteiger partial charge >= 0.3 is 70.5 Å². The third-order valence-electron chi connectivity index (χ3n) is 20.6. The van der Waals surface area contributed by atoms with Crippen LogP contribution in [0.1, 0.15) is 244 Å². The van der Waals surface area contributed by atoms with Gasteiger partial charge in [0, 0.05) is 6.92 Å². The average Bonchev–Trinajstić information content (AvgIpc) is 0.707. The number of rotatable bonds is 11. The minimum Gasteiger partial charge on any atom is -0.534 e. The predicted molar refractivity (Wildman–Crippen MR) is 398 cm³/mol. The van der Waals surface area contributed by atoms with Gasteiger partial charge in [0.2, 0.25) is 0 Å². The van der Waals surface area contributed by atoms with Gasteiger partial charge in [0.15, 0.2) is 0 Å². The van der Waals surface area contributed by atoms with Crippen LogP contribution in [0.25, 0.3) is 0 Å². The van der Waals surface area contributed by atoms with Crippen molar-refractivity contribution in [2.75, 3.05) is 24.8 Å². The average molecular weight is 1960 g/mol. The molecule has 110 heavy (non-hydrogen) atoms. The molecule has 0 unspecified atom stereocenters. The molecule has 0 saturated heterocycles. The molecule has 0 spiro atoms. The SMILES string of the molecule is C1CCC(P(C2CCCCC2)C2CCCCC2)CC1.C1CCC(P(C2CCCCC2)C2CCCCC2)CC1.CC#N.CN(C)[B-]Br.ClCCl.ClCCl.FC(F)(F)c1cc([B-](c2cc(C(F)(F)F)cc(C(F)(F)F)c2)(c2cc(C(F)(F)F)cc(C(F)(F)F)c2)c2cc(C(F)(F)F)cc(C(F)(F)F)c2)cc(C(F)(F)F)c1.[Pt+2]. The molecule has 4 aromatic rings. The van der Waals surface area contributed by atoms with Crippen LogP contribution in [0.4, 0.5) is 105 Å². The summed E-state index contributed by atoms with van der Waals surface area (Å²) in [6, 6.07) is -7.06. The Labute approximate surface area is 675 Å². The molecular formula is C74H91B2BrCl4F24N2P2Pt. The maximum Gasteiger partial charge on any atom is 2.00 e. The smallest absolute Gasteiger partial charge is 0.534 e. The van der Waals surface area contributed by atoms with E-state index in [1.807, 2.05) is 25.1 Å². The molecule has 6 fully saturated rings. The fraction of sp³-hybridized carbons (Fsp3) is 0.662. The quantitative estimate of drug-likeness (QED) is 0.0648. The molecule has 0 aromatic heterocycles. The van der Waals surface area contributed by atoms with Gasteiger partial charge < -0.3 is 20.6 Å². The van der Waals surface area contributed by atoms with E-state index in [4.69, 9.17) is 51.7 Å². The Kier molecular flexibility index (Phi) is 43.1. The van der Waals surface area contributed by atoms with Crippen LogP contribution in [0.3, 0.4) is 0 Å².